The van der Waals surface area contributed by atoms with Crippen molar-refractivity contribution in [1.29, 1.82) is 0 Å². The number of unbranched alkanes of at least 4 members (excludes halogenated alkanes) is 4. The summed E-state index contributed by atoms with van der Waals surface area (Å²) in [6, 6.07) is 0. The van der Waals surface area contributed by atoms with Gasteiger partial charge in [0.15, 0.2) is 0 Å². The first-order chi connectivity index (χ1) is 39.5. The molecule has 5 aliphatic rings. The first-order valence-electron chi connectivity index (χ1n) is 37.0. The molecule has 0 nitrogen and oxygen atoms in total. The highest BCUT2D eigenvalue weighted by Gasteiger charge is 2.42. The Bertz CT molecular complexity index is 1690. The van der Waals surface area contributed by atoms with Gasteiger partial charge in [-0.2, -0.15) is 0 Å². The van der Waals surface area contributed by atoms with Crippen molar-refractivity contribution >= 4 is 0 Å². The molecule has 0 radical (unpaired) electrons. The van der Waals surface area contributed by atoms with Crippen molar-refractivity contribution in [3.63, 3.8) is 0 Å². The fraction of sp³-hybridized carbons (Fsp3) is 0.974. The van der Waals surface area contributed by atoms with Crippen molar-refractivity contribution in [3.05, 3.63) is 12.2 Å². The minimum Gasteiger partial charge on any atom is -0.251 e. The lowest BCUT2D eigenvalue weighted by molar-refractivity contribution is 0.0625. The summed E-state index contributed by atoms with van der Waals surface area (Å²) >= 11 is 0. The maximum absolute atomic E-state index is 14.3. The topological polar surface area (TPSA) is 0 Å². The summed E-state index contributed by atoms with van der Waals surface area (Å²) in [6.07, 6.45) is 49.3. The lowest BCUT2D eigenvalue weighted by Gasteiger charge is -2.45. The Morgan fingerprint density at radius 2 is 0.542 bits per heavy atom. The van der Waals surface area contributed by atoms with E-state index in [0.29, 0.717) is 65.6 Å². The predicted molar refractivity (Wildman–Crippen MR) is 352 cm³/mol. The van der Waals surface area contributed by atoms with Gasteiger partial charge in [0.2, 0.25) is 0 Å². The molecule has 0 aliphatic heterocycles. The first kappa shape index (κ1) is 73.1. The van der Waals surface area contributed by atoms with Crippen LogP contribution in [0.5, 0.6) is 0 Å². The zero-order chi connectivity index (χ0) is 60.7. The van der Waals surface area contributed by atoms with Crippen LogP contribution in [-0.2, 0) is 0 Å². The maximum Gasteiger partial charge on any atom is 0.0899 e. The Morgan fingerprint density at radius 1 is 0.289 bits per heavy atom. The van der Waals surface area contributed by atoms with Crippen molar-refractivity contribution in [2.24, 2.45) is 110 Å². The molecule has 0 bridgehead atoms. The van der Waals surface area contributed by atoms with Crippen molar-refractivity contribution < 1.29 is 22.0 Å². The molecule has 488 valence electrons. The number of alkyl halides is 5. The Kier molecular flexibility index (Phi) is 32.0. The molecule has 0 N–H and O–H groups in total. The van der Waals surface area contributed by atoms with Gasteiger partial charge in [-0.25, -0.2) is 0 Å². The molecule has 0 amide bonds. The molecule has 83 heavy (non-hydrogen) atoms. The second-order valence-corrected chi connectivity index (χ2v) is 34.2. The summed E-state index contributed by atoms with van der Waals surface area (Å²) < 4.78 is 68.4. The third kappa shape index (κ3) is 23.6. The van der Waals surface area contributed by atoms with Crippen LogP contribution in [0.2, 0.25) is 0 Å². The van der Waals surface area contributed by atoms with Crippen LogP contribution in [0.3, 0.4) is 0 Å². The Balaban J connectivity index is 1.16. The second kappa shape index (κ2) is 36.3. The van der Waals surface area contributed by atoms with Crippen molar-refractivity contribution in [2.45, 2.75) is 339 Å². The fourth-order valence-corrected chi connectivity index (χ4v) is 20.0. The molecule has 0 aromatic carbocycles. The zero-order valence-corrected chi connectivity index (χ0v) is 57.2. The summed E-state index contributed by atoms with van der Waals surface area (Å²) in [6.45, 7) is 30.4. The lowest BCUT2D eigenvalue weighted by atomic mass is 9.61. The smallest absolute Gasteiger partial charge is 0.0899 e. The van der Waals surface area contributed by atoms with E-state index in [0.717, 1.165) is 79.4 Å². The number of halogens is 5. The molecule has 0 saturated heterocycles. The van der Waals surface area contributed by atoms with Gasteiger partial charge in [-0.15, -0.1) is 0 Å². The summed E-state index contributed by atoms with van der Waals surface area (Å²) in [5.41, 5.74) is 2.73. The van der Waals surface area contributed by atoms with Crippen molar-refractivity contribution in [3.8, 4) is 0 Å². The highest BCUT2D eigenvalue weighted by atomic mass is 19.1. The SMILES string of the molecule is C=C(C)C1CCC(C(C)(C)CCCCC(CCCCF)C2CCC(C(C)(C)CCC(CCCCC(CCF)C3CCC(C(C)(C)CCF)CC3)C3CCC(C(C)(C)CCC(CCF)C4CCC(C(C)(C)CCCCF)CC4)CC3)CC2)CC1. The van der Waals surface area contributed by atoms with Crippen molar-refractivity contribution in [2.75, 3.05) is 33.4 Å². The van der Waals surface area contributed by atoms with Gasteiger partial charge >= 0.3 is 0 Å². The maximum atomic E-state index is 14.3. The number of rotatable bonds is 40. The average Bonchev–Trinajstić information content (AvgIpc) is 3.61. The third-order valence-electron chi connectivity index (χ3n) is 26.9. The summed E-state index contributed by atoms with van der Waals surface area (Å²) in [4.78, 5) is 0. The quantitative estimate of drug-likeness (QED) is 0.0326. The Morgan fingerprint density at radius 3 is 0.867 bits per heavy atom. The van der Waals surface area contributed by atoms with Crippen LogP contribution in [0.1, 0.15) is 339 Å². The molecule has 0 aromatic rings. The van der Waals surface area contributed by atoms with Crippen LogP contribution in [-0.4, -0.2) is 33.4 Å². The van der Waals surface area contributed by atoms with Gasteiger partial charge in [0.05, 0.1) is 33.4 Å². The highest BCUT2D eigenvalue weighted by Crippen LogP contribution is 2.53. The van der Waals surface area contributed by atoms with E-state index in [1.54, 1.807) is 0 Å². The minimum atomic E-state index is -0.228. The monoisotopic (exact) mass is 1170 g/mol. The average molecular weight is 1170 g/mol. The standard InChI is InChI=1S/C78H141F5/c1-59(2)60-25-35-69(36-26-60)74(3,4)49-17-15-23-61(24-16-19-54-79)64-27-39-71(40-28-64)76(7,8)51-45-62(21-13-14-22-63(47-56-81)66-31-43-73(44-32-66)78(11,12)53-58-83)65-29-41-72(42-30-65)77(9,10)52-46-68(48-57-82)67-33-37-70(38-34-67)75(5,6)50-18-20-55-80/h60-73H,1,13-58H2,2-12H3. The molecule has 0 heterocycles. The largest absolute Gasteiger partial charge is 0.251 e. The van der Waals surface area contributed by atoms with E-state index in [9.17, 15) is 22.0 Å². The van der Waals surface area contributed by atoms with E-state index in [1.807, 2.05) is 0 Å². The fourth-order valence-electron chi connectivity index (χ4n) is 20.0. The van der Waals surface area contributed by atoms with E-state index in [1.165, 1.54) is 217 Å². The molecule has 4 atom stereocenters. The van der Waals surface area contributed by atoms with Gasteiger partial charge in [-0.1, -0.05) is 146 Å². The number of hydrogen-bond acceptors (Lipinski definition) is 0. The van der Waals surface area contributed by atoms with Gasteiger partial charge in [-0.3, -0.25) is 22.0 Å². The van der Waals surface area contributed by atoms with Crippen LogP contribution in [0.4, 0.5) is 22.0 Å². The van der Waals surface area contributed by atoms with Gasteiger partial charge in [-0.05, 0) is 316 Å². The van der Waals surface area contributed by atoms with E-state index in [-0.39, 0.29) is 49.6 Å². The van der Waals surface area contributed by atoms with Gasteiger partial charge < -0.3 is 0 Å². The van der Waals surface area contributed by atoms with Gasteiger partial charge in [0, 0.05) is 0 Å². The molecule has 0 spiro atoms. The van der Waals surface area contributed by atoms with E-state index >= 15 is 0 Å². The number of allylic oxidation sites excluding steroid dienone is 1. The van der Waals surface area contributed by atoms with Crippen LogP contribution in [0.15, 0.2) is 12.2 Å². The molecule has 5 rings (SSSR count). The summed E-state index contributed by atoms with van der Waals surface area (Å²) in [5.74, 6) is 9.78. The molecule has 5 saturated carbocycles. The summed E-state index contributed by atoms with van der Waals surface area (Å²) in [5, 5.41) is 0. The minimum absolute atomic E-state index is 0.0610. The Labute approximate surface area is 514 Å². The first-order valence-corrected chi connectivity index (χ1v) is 37.0. The second-order valence-electron chi connectivity index (χ2n) is 34.2. The Hall–Kier alpha value is -0.610. The molecular weight excluding hydrogens is 1030 g/mol. The zero-order valence-electron chi connectivity index (χ0n) is 57.2. The van der Waals surface area contributed by atoms with Crippen LogP contribution < -0.4 is 0 Å². The number of hydrogen-bond donors (Lipinski definition) is 0. The molecule has 5 fully saturated rings. The van der Waals surface area contributed by atoms with Crippen molar-refractivity contribution in [1.82, 2.24) is 0 Å². The summed E-state index contributed by atoms with van der Waals surface area (Å²) in [7, 11) is 0. The molecular formula is C78H141F5. The predicted octanol–water partition coefficient (Wildman–Crippen LogP) is 26.2. The highest BCUT2D eigenvalue weighted by molar-refractivity contribution is 5.00. The van der Waals surface area contributed by atoms with Crippen LogP contribution in [0.25, 0.3) is 0 Å². The van der Waals surface area contributed by atoms with Crippen LogP contribution >= 0.6 is 0 Å². The lowest BCUT2D eigenvalue weighted by Crippen LogP contribution is -2.34. The third-order valence-corrected chi connectivity index (χ3v) is 26.9. The van der Waals surface area contributed by atoms with Gasteiger partial charge in [0.1, 0.15) is 0 Å². The van der Waals surface area contributed by atoms with Crippen LogP contribution in [0, 0.1) is 110 Å². The molecule has 5 heteroatoms. The van der Waals surface area contributed by atoms with Gasteiger partial charge in [0.25, 0.3) is 0 Å². The molecule has 4 unspecified atom stereocenters. The molecule has 5 aliphatic carbocycles. The van der Waals surface area contributed by atoms with E-state index in [2.05, 4.69) is 82.7 Å². The van der Waals surface area contributed by atoms with E-state index in [4.69, 9.17) is 0 Å². The normalized spacial score (nSPS) is 28.9. The molecule has 0 aromatic heterocycles. The van der Waals surface area contributed by atoms with E-state index < -0.39 is 0 Å².